The number of anilines is 5. The van der Waals surface area contributed by atoms with Crippen molar-refractivity contribution in [2.75, 3.05) is 9.80 Å². The lowest BCUT2D eigenvalue weighted by atomic mass is 9.77. The molecule has 1 aliphatic rings. The third-order valence-electron chi connectivity index (χ3n) is 10.5. The van der Waals surface area contributed by atoms with E-state index in [1.54, 1.807) is 6.07 Å². The predicted octanol–water partition coefficient (Wildman–Crippen LogP) is 12.0. The van der Waals surface area contributed by atoms with Crippen molar-refractivity contribution in [2.24, 2.45) is 0 Å². The first-order valence-electron chi connectivity index (χ1n) is 16.9. The number of nitriles is 2. The van der Waals surface area contributed by atoms with E-state index >= 15 is 0 Å². The molecule has 0 N–H and O–H groups in total. The Morgan fingerprint density at radius 2 is 1.16 bits per heavy atom. The van der Waals surface area contributed by atoms with Crippen molar-refractivity contribution in [1.82, 2.24) is 0 Å². The molecule has 0 amide bonds. The molecule has 4 heteroatoms. The Balaban J connectivity index is 1.35. The number of hydrogen-bond acceptors (Lipinski definition) is 4. The van der Waals surface area contributed by atoms with Crippen LogP contribution in [-0.2, 0) is 5.41 Å². The highest BCUT2D eigenvalue weighted by Crippen LogP contribution is 2.58. The number of rotatable bonds is 5. The summed E-state index contributed by atoms with van der Waals surface area (Å²) in [5, 5.41) is 27.5. The Labute approximate surface area is 291 Å². The zero-order valence-corrected chi connectivity index (χ0v) is 27.8. The van der Waals surface area contributed by atoms with Gasteiger partial charge in [0.1, 0.15) is 6.07 Å². The summed E-state index contributed by atoms with van der Waals surface area (Å²) < 4.78 is 0. The van der Waals surface area contributed by atoms with Gasteiger partial charge in [-0.05, 0) is 81.2 Å². The van der Waals surface area contributed by atoms with Gasteiger partial charge in [-0.3, -0.25) is 0 Å². The number of hydrogen-bond donors (Lipinski definition) is 0. The fourth-order valence-electron chi connectivity index (χ4n) is 8.35. The molecule has 50 heavy (non-hydrogen) atoms. The summed E-state index contributed by atoms with van der Waals surface area (Å²) in [7, 11) is 0. The van der Waals surface area contributed by atoms with Crippen LogP contribution in [0.25, 0.3) is 32.3 Å². The largest absolute Gasteiger partial charge is 0.331 e. The third kappa shape index (κ3) is 4.29. The molecule has 9 rings (SSSR count). The van der Waals surface area contributed by atoms with E-state index in [1.807, 2.05) is 12.1 Å². The highest BCUT2D eigenvalue weighted by atomic mass is 15.2. The average molecular weight is 641 g/mol. The van der Waals surface area contributed by atoms with Crippen LogP contribution in [-0.4, -0.2) is 0 Å². The van der Waals surface area contributed by atoms with Gasteiger partial charge in [0.2, 0.25) is 0 Å². The standard InChI is InChI=1S/C46H32N4/c1-46(2)39-27-30(28-47)26-34(29-48)44(39)50(45(46)33-12-6-3-7-13-33)41-25-21-32-18-22-37-40(24-20-31-19-23-38(41)43(32)42(31)37)49(35-14-8-4-9-15-35)36-16-10-5-11-17-36/h3-27,45H,1-2H3. The number of para-hydroxylation sites is 2. The lowest BCUT2D eigenvalue weighted by Crippen LogP contribution is -2.31. The first-order valence-corrected chi connectivity index (χ1v) is 16.9. The molecule has 1 unspecified atom stereocenters. The molecule has 1 heterocycles. The van der Waals surface area contributed by atoms with Crippen molar-refractivity contribution in [3.05, 3.63) is 174 Å². The van der Waals surface area contributed by atoms with Crippen LogP contribution >= 0.6 is 0 Å². The van der Waals surface area contributed by atoms with Gasteiger partial charge in [0.05, 0.1) is 34.6 Å². The van der Waals surface area contributed by atoms with E-state index in [9.17, 15) is 10.5 Å². The predicted molar refractivity (Wildman–Crippen MR) is 205 cm³/mol. The van der Waals surface area contributed by atoms with Gasteiger partial charge < -0.3 is 9.80 Å². The van der Waals surface area contributed by atoms with Crippen LogP contribution in [0.2, 0.25) is 0 Å². The molecule has 0 saturated heterocycles. The summed E-state index contributed by atoms with van der Waals surface area (Å²) in [6.45, 7) is 4.46. The summed E-state index contributed by atoms with van der Waals surface area (Å²) in [4.78, 5) is 4.71. The van der Waals surface area contributed by atoms with Crippen molar-refractivity contribution in [2.45, 2.75) is 25.3 Å². The SMILES string of the molecule is CC1(C)c2cc(C#N)cc(C#N)c2N(c2ccc3ccc4c(N(c5ccccc5)c5ccccc5)ccc5ccc2c3c54)C1c1ccccc1. The maximum absolute atomic E-state index is 10.5. The molecule has 0 fully saturated rings. The second-order valence-electron chi connectivity index (χ2n) is 13.6. The second kappa shape index (κ2) is 11.2. The summed E-state index contributed by atoms with van der Waals surface area (Å²) in [5.74, 6) is 0. The number of benzene rings is 8. The topological polar surface area (TPSA) is 54.1 Å². The molecule has 0 aliphatic carbocycles. The van der Waals surface area contributed by atoms with E-state index in [-0.39, 0.29) is 6.04 Å². The van der Waals surface area contributed by atoms with Gasteiger partial charge in [0.15, 0.2) is 0 Å². The zero-order valence-electron chi connectivity index (χ0n) is 27.8. The second-order valence-corrected chi connectivity index (χ2v) is 13.6. The van der Waals surface area contributed by atoms with Crippen LogP contribution in [0, 0.1) is 22.7 Å². The van der Waals surface area contributed by atoms with E-state index < -0.39 is 5.41 Å². The monoisotopic (exact) mass is 640 g/mol. The van der Waals surface area contributed by atoms with Crippen molar-refractivity contribution >= 4 is 60.8 Å². The minimum atomic E-state index is -0.405. The quantitative estimate of drug-likeness (QED) is 0.176. The average Bonchev–Trinajstić information content (AvgIpc) is 3.41. The van der Waals surface area contributed by atoms with Gasteiger partial charge in [-0.25, -0.2) is 0 Å². The fourth-order valence-corrected chi connectivity index (χ4v) is 8.35. The van der Waals surface area contributed by atoms with E-state index in [4.69, 9.17) is 0 Å². The van der Waals surface area contributed by atoms with Crippen LogP contribution in [0.3, 0.4) is 0 Å². The molecular formula is C46H32N4. The molecule has 1 aliphatic heterocycles. The van der Waals surface area contributed by atoms with E-state index in [0.717, 1.165) is 45.0 Å². The molecule has 1 atom stereocenters. The lowest BCUT2D eigenvalue weighted by molar-refractivity contribution is 0.449. The molecule has 0 saturated carbocycles. The van der Waals surface area contributed by atoms with E-state index in [1.165, 1.54) is 26.9 Å². The maximum atomic E-state index is 10.5. The first kappa shape index (κ1) is 29.5. The van der Waals surface area contributed by atoms with Gasteiger partial charge in [-0.1, -0.05) is 117 Å². The minimum absolute atomic E-state index is 0.111. The van der Waals surface area contributed by atoms with E-state index in [2.05, 4.69) is 169 Å². The number of nitrogens with zero attached hydrogens (tertiary/aromatic N) is 4. The van der Waals surface area contributed by atoms with Crippen LogP contribution in [0.5, 0.6) is 0 Å². The van der Waals surface area contributed by atoms with Gasteiger partial charge in [-0.15, -0.1) is 0 Å². The third-order valence-corrected chi connectivity index (χ3v) is 10.5. The molecule has 8 aromatic rings. The minimum Gasteiger partial charge on any atom is -0.331 e. The van der Waals surface area contributed by atoms with Crippen molar-refractivity contribution < 1.29 is 0 Å². The highest BCUT2D eigenvalue weighted by molar-refractivity contribution is 6.28. The zero-order chi connectivity index (χ0) is 34.0. The van der Waals surface area contributed by atoms with Gasteiger partial charge in [0, 0.05) is 33.2 Å². The molecule has 8 aromatic carbocycles. The molecule has 0 aromatic heterocycles. The Kier molecular flexibility index (Phi) is 6.63. The normalized spacial score (nSPS) is 14.9. The molecular weight excluding hydrogens is 609 g/mol. The van der Waals surface area contributed by atoms with Crippen molar-refractivity contribution in [3.63, 3.8) is 0 Å². The summed E-state index contributed by atoms with van der Waals surface area (Å²) in [6.07, 6.45) is 0. The smallest absolute Gasteiger partial charge is 0.101 e. The maximum Gasteiger partial charge on any atom is 0.101 e. The van der Waals surface area contributed by atoms with Crippen LogP contribution in [0.1, 0.15) is 42.1 Å². The van der Waals surface area contributed by atoms with E-state index in [0.29, 0.717) is 11.1 Å². The molecule has 0 bridgehead atoms. The van der Waals surface area contributed by atoms with Crippen LogP contribution < -0.4 is 9.80 Å². The summed E-state index contributed by atoms with van der Waals surface area (Å²) in [6, 6.07) is 57.9. The van der Waals surface area contributed by atoms with Crippen LogP contribution in [0.15, 0.2) is 152 Å². The molecule has 236 valence electrons. The Hall–Kier alpha value is -6.62. The van der Waals surface area contributed by atoms with Gasteiger partial charge in [-0.2, -0.15) is 10.5 Å². The molecule has 0 radical (unpaired) electrons. The van der Waals surface area contributed by atoms with Crippen molar-refractivity contribution in [3.8, 4) is 12.1 Å². The molecule has 0 spiro atoms. The first-order chi connectivity index (χ1) is 24.5. The summed E-state index contributed by atoms with van der Waals surface area (Å²) in [5.41, 5.74) is 8.00. The fraction of sp³-hybridized carbons (Fsp3) is 0.0870. The summed E-state index contributed by atoms with van der Waals surface area (Å²) >= 11 is 0. The Bertz CT molecular complexity index is 2610. The number of fused-ring (bicyclic) bond motifs is 1. The molecule has 4 nitrogen and oxygen atoms in total. The van der Waals surface area contributed by atoms with Crippen LogP contribution in [0.4, 0.5) is 28.4 Å². The van der Waals surface area contributed by atoms with Crippen molar-refractivity contribution in [1.29, 1.82) is 10.5 Å². The Morgan fingerprint density at radius 3 is 1.78 bits per heavy atom. The lowest BCUT2D eigenvalue weighted by Gasteiger charge is -2.36. The highest BCUT2D eigenvalue weighted by Gasteiger charge is 2.48. The van der Waals surface area contributed by atoms with Gasteiger partial charge >= 0.3 is 0 Å². The van der Waals surface area contributed by atoms with Gasteiger partial charge in [0.25, 0.3) is 0 Å². The Morgan fingerprint density at radius 1 is 0.600 bits per heavy atom.